The van der Waals surface area contributed by atoms with Gasteiger partial charge in [-0.25, -0.2) is 4.68 Å². The third-order valence-electron chi connectivity index (χ3n) is 7.07. The Kier molecular flexibility index (Phi) is 8.19. The van der Waals surface area contributed by atoms with Crippen molar-refractivity contribution in [2.45, 2.75) is 51.4 Å². The number of hydrogen-bond donors (Lipinski definition) is 2. The highest BCUT2D eigenvalue weighted by molar-refractivity contribution is 9.10. The number of nitro benzene ring substituents is 1. The number of non-ortho nitro benzene ring substituents is 1. The summed E-state index contributed by atoms with van der Waals surface area (Å²) in [6.45, 7) is 5.86. The largest absolute Gasteiger partial charge is 0.457 e. The van der Waals surface area contributed by atoms with E-state index in [0.29, 0.717) is 11.3 Å². The van der Waals surface area contributed by atoms with Crippen molar-refractivity contribution in [3.8, 4) is 11.5 Å². The number of halogens is 4. The van der Waals surface area contributed by atoms with Gasteiger partial charge in [0.2, 0.25) is 0 Å². The summed E-state index contributed by atoms with van der Waals surface area (Å²) in [7, 11) is 0. The molecule has 1 aliphatic heterocycles. The van der Waals surface area contributed by atoms with Crippen LogP contribution in [0.25, 0.3) is 0 Å². The molecule has 1 amide bonds. The van der Waals surface area contributed by atoms with E-state index < -0.39 is 29.1 Å². The number of alkyl halides is 3. The summed E-state index contributed by atoms with van der Waals surface area (Å²) in [5, 5.41) is 21.2. The van der Waals surface area contributed by atoms with Crippen LogP contribution in [-0.2, 0) is 0 Å². The van der Waals surface area contributed by atoms with Crippen molar-refractivity contribution < 1.29 is 27.6 Å². The highest BCUT2D eigenvalue weighted by Crippen LogP contribution is 2.44. The maximum atomic E-state index is 14.1. The molecule has 1 aromatic heterocycles. The minimum Gasteiger partial charge on any atom is -0.457 e. The van der Waals surface area contributed by atoms with Gasteiger partial charge in [-0.1, -0.05) is 54.0 Å². The number of amides is 1. The van der Waals surface area contributed by atoms with Crippen LogP contribution >= 0.6 is 15.9 Å². The number of rotatable bonds is 7. The molecule has 0 fully saturated rings. The van der Waals surface area contributed by atoms with E-state index in [-0.39, 0.29) is 41.0 Å². The fourth-order valence-corrected chi connectivity index (χ4v) is 5.21. The number of ether oxygens (including phenoxy) is 1. The zero-order chi connectivity index (χ0) is 31.1. The van der Waals surface area contributed by atoms with Crippen molar-refractivity contribution >= 4 is 39.0 Å². The molecule has 1 aliphatic rings. The van der Waals surface area contributed by atoms with Gasteiger partial charge in [0.05, 0.1) is 22.7 Å². The lowest BCUT2D eigenvalue weighted by Gasteiger charge is -2.33. The number of hydrogen-bond acceptors (Lipinski definition) is 6. The molecule has 224 valence electrons. The molecule has 0 aliphatic carbocycles. The third kappa shape index (κ3) is 6.66. The van der Waals surface area contributed by atoms with Crippen molar-refractivity contribution in [3.63, 3.8) is 0 Å². The monoisotopic (exact) mass is 657 g/mol. The summed E-state index contributed by atoms with van der Waals surface area (Å²) in [4.78, 5) is 24.3. The van der Waals surface area contributed by atoms with Crippen LogP contribution in [0.2, 0.25) is 0 Å². The van der Waals surface area contributed by atoms with Crippen molar-refractivity contribution in [3.05, 3.63) is 104 Å². The summed E-state index contributed by atoms with van der Waals surface area (Å²) in [5.74, 6) is -0.0839. The zero-order valence-electron chi connectivity index (χ0n) is 23.3. The first kappa shape index (κ1) is 30.1. The summed E-state index contributed by atoms with van der Waals surface area (Å²) < 4.78 is 49.9. The predicted molar refractivity (Wildman–Crippen MR) is 159 cm³/mol. The minimum absolute atomic E-state index is 0.0204. The van der Waals surface area contributed by atoms with Crippen molar-refractivity contribution in [2.24, 2.45) is 0 Å². The van der Waals surface area contributed by atoms with Gasteiger partial charge < -0.3 is 15.4 Å². The maximum Gasteiger partial charge on any atom is 0.410 e. The van der Waals surface area contributed by atoms with Gasteiger partial charge in [0.15, 0.2) is 11.7 Å². The lowest BCUT2D eigenvalue weighted by Crippen LogP contribution is -2.35. The van der Waals surface area contributed by atoms with E-state index >= 15 is 0 Å². The summed E-state index contributed by atoms with van der Waals surface area (Å²) in [6, 6.07) is 15.0. The van der Waals surface area contributed by atoms with E-state index in [1.807, 2.05) is 39.0 Å². The maximum absolute atomic E-state index is 14.1. The molecular formula is C30H27BrF3N5O4. The molecule has 3 aromatic carbocycles. The Morgan fingerprint density at radius 1 is 1.14 bits per heavy atom. The van der Waals surface area contributed by atoms with E-state index in [4.69, 9.17) is 4.74 Å². The number of carbonyl (C=O) groups is 1. The molecule has 2 atom stereocenters. The van der Waals surface area contributed by atoms with Crippen molar-refractivity contribution in [1.29, 1.82) is 0 Å². The predicted octanol–water partition coefficient (Wildman–Crippen LogP) is 8.69. The third-order valence-corrected chi connectivity index (χ3v) is 7.60. The van der Waals surface area contributed by atoms with Crippen LogP contribution in [-0.4, -0.2) is 26.8 Å². The first-order valence-electron chi connectivity index (χ1n) is 13.4. The Labute approximate surface area is 253 Å². The van der Waals surface area contributed by atoms with Gasteiger partial charge >= 0.3 is 6.18 Å². The molecule has 9 nitrogen and oxygen atoms in total. The first-order valence-corrected chi connectivity index (χ1v) is 14.2. The summed E-state index contributed by atoms with van der Waals surface area (Å²) >= 11 is 3.33. The number of anilines is 2. The van der Waals surface area contributed by atoms with E-state index in [0.717, 1.165) is 26.3 Å². The van der Waals surface area contributed by atoms with Crippen molar-refractivity contribution in [1.82, 2.24) is 9.78 Å². The van der Waals surface area contributed by atoms with Crippen LogP contribution in [0, 0.1) is 17.0 Å². The number of nitro groups is 1. The quantitative estimate of drug-likeness (QED) is 0.152. The number of aryl methyl sites for hydroxylation is 1. The Morgan fingerprint density at radius 3 is 2.51 bits per heavy atom. The molecule has 13 heteroatoms. The molecule has 43 heavy (non-hydrogen) atoms. The van der Waals surface area contributed by atoms with Gasteiger partial charge in [-0.05, 0) is 47.7 Å². The number of carbonyl (C=O) groups excluding carboxylic acids is 1. The van der Waals surface area contributed by atoms with Gasteiger partial charge in [0, 0.05) is 29.1 Å². The standard InChI is InChI=1S/C30H27BrF3N5O4/c1-16(2)23-9-4-17(3)10-26(23)43-22-12-20(11-21(13-22)39(41)42)35-29(40)25-15-28-36-24(18-5-7-19(31)8-6-18)14-27(30(32,33)34)38(28)37-25/h4-13,15-16,24,27,36H,14H2,1-3H3,(H,35,40)/t24-,27+/m0/s1. The molecule has 0 unspecified atom stereocenters. The lowest BCUT2D eigenvalue weighted by atomic mass is 9.97. The Bertz CT molecular complexity index is 1690. The molecule has 0 saturated heterocycles. The van der Waals surface area contributed by atoms with E-state index in [2.05, 4.69) is 31.7 Å². The number of nitrogens with zero attached hydrogens (tertiary/aromatic N) is 3. The highest BCUT2D eigenvalue weighted by atomic mass is 79.9. The second kappa shape index (κ2) is 11.7. The molecule has 5 rings (SSSR count). The van der Waals surface area contributed by atoms with Crippen LogP contribution in [0.5, 0.6) is 11.5 Å². The highest BCUT2D eigenvalue weighted by Gasteiger charge is 2.46. The molecule has 2 heterocycles. The zero-order valence-corrected chi connectivity index (χ0v) is 24.9. The SMILES string of the molecule is Cc1ccc(C(C)C)c(Oc2cc(NC(=O)c3cc4n(n3)[C@@H](C(F)(F)F)C[C@@H](c3ccc(Br)cc3)N4)cc([N+](=O)[O-])c2)c1. The molecule has 0 spiro atoms. The first-order chi connectivity index (χ1) is 20.3. The Hall–Kier alpha value is -4.39. The van der Waals surface area contributed by atoms with Gasteiger partial charge in [0.1, 0.15) is 17.3 Å². The fourth-order valence-electron chi connectivity index (χ4n) is 4.95. The van der Waals surface area contributed by atoms with Gasteiger partial charge in [-0.15, -0.1) is 0 Å². The second-order valence-electron chi connectivity index (χ2n) is 10.6. The van der Waals surface area contributed by atoms with Crippen LogP contribution in [0.15, 0.2) is 71.2 Å². The van der Waals surface area contributed by atoms with Crippen LogP contribution in [0.1, 0.15) is 65.4 Å². The number of benzene rings is 3. The van der Waals surface area contributed by atoms with Crippen LogP contribution < -0.4 is 15.4 Å². The van der Waals surface area contributed by atoms with Crippen LogP contribution in [0.3, 0.4) is 0 Å². The van der Waals surface area contributed by atoms with Gasteiger partial charge in [0.25, 0.3) is 11.6 Å². The van der Waals surface area contributed by atoms with E-state index in [9.17, 15) is 28.1 Å². The molecule has 0 bridgehead atoms. The van der Waals surface area contributed by atoms with Gasteiger partial charge in [-0.2, -0.15) is 18.3 Å². The number of aromatic nitrogens is 2. The average Bonchev–Trinajstić information content (AvgIpc) is 3.36. The molecule has 0 radical (unpaired) electrons. The van der Waals surface area contributed by atoms with Crippen molar-refractivity contribution in [2.75, 3.05) is 10.6 Å². The van der Waals surface area contributed by atoms with Gasteiger partial charge in [-0.3, -0.25) is 14.9 Å². The smallest absolute Gasteiger partial charge is 0.410 e. The summed E-state index contributed by atoms with van der Waals surface area (Å²) in [6.07, 6.45) is -4.95. The molecule has 0 saturated carbocycles. The Balaban J connectivity index is 1.44. The van der Waals surface area contributed by atoms with E-state index in [1.54, 1.807) is 24.3 Å². The number of nitrogens with one attached hydrogen (secondary N) is 2. The van der Waals surface area contributed by atoms with E-state index in [1.165, 1.54) is 18.2 Å². The minimum atomic E-state index is -4.62. The lowest BCUT2D eigenvalue weighted by molar-refractivity contribution is -0.384. The molecule has 4 aromatic rings. The molecular weight excluding hydrogens is 631 g/mol. The number of fused-ring (bicyclic) bond motifs is 1. The summed E-state index contributed by atoms with van der Waals surface area (Å²) in [5.41, 5.74) is 1.85. The second-order valence-corrected chi connectivity index (χ2v) is 11.5. The topological polar surface area (TPSA) is 111 Å². The average molecular weight is 658 g/mol. The fraction of sp³-hybridized carbons (Fsp3) is 0.267. The Morgan fingerprint density at radius 2 is 1.86 bits per heavy atom. The molecule has 2 N–H and O–H groups in total. The normalized spacial score (nSPS) is 16.4. The van der Waals surface area contributed by atoms with Crippen LogP contribution in [0.4, 0.5) is 30.4 Å².